The molecule has 0 aromatic heterocycles. The van der Waals surface area contributed by atoms with Crippen molar-refractivity contribution in [1.29, 1.82) is 0 Å². The lowest BCUT2D eigenvalue weighted by Gasteiger charge is -2.36. The standard InChI is InChI=1S/C16H25FN2O.2ClH/c1-3-4-7-14(19-11-9-18-10-12-19)16-13(17)6-5-8-15(16)20-2;;/h5-6,8,14,18H,3-4,7,9-12H2,1-2H3;2*1H/t14-;;/m1../s1. The summed E-state index contributed by atoms with van der Waals surface area (Å²) < 4.78 is 19.7. The summed E-state index contributed by atoms with van der Waals surface area (Å²) in [5.74, 6) is 0.522. The maximum atomic E-state index is 14.3. The number of methoxy groups -OCH3 is 1. The van der Waals surface area contributed by atoms with Crippen LogP contribution in [-0.4, -0.2) is 38.2 Å². The first-order valence-corrected chi connectivity index (χ1v) is 7.55. The fourth-order valence-corrected chi connectivity index (χ4v) is 2.92. The topological polar surface area (TPSA) is 24.5 Å². The second-order valence-electron chi connectivity index (χ2n) is 5.30. The number of nitrogens with zero attached hydrogens (tertiary/aromatic N) is 1. The van der Waals surface area contributed by atoms with Crippen molar-refractivity contribution in [3.63, 3.8) is 0 Å². The van der Waals surface area contributed by atoms with Gasteiger partial charge in [0.1, 0.15) is 11.6 Å². The number of halogens is 3. The molecule has 1 aliphatic rings. The molecule has 1 aromatic rings. The van der Waals surface area contributed by atoms with Crippen molar-refractivity contribution in [2.45, 2.75) is 32.2 Å². The fourth-order valence-electron chi connectivity index (χ4n) is 2.92. The van der Waals surface area contributed by atoms with E-state index in [1.807, 2.05) is 6.07 Å². The molecule has 0 amide bonds. The van der Waals surface area contributed by atoms with Gasteiger partial charge < -0.3 is 10.1 Å². The Hall–Kier alpha value is -0.550. The van der Waals surface area contributed by atoms with Gasteiger partial charge in [0.2, 0.25) is 0 Å². The van der Waals surface area contributed by atoms with E-state index in [2.05, 4.69) is 17.1 Å². The molecule has 0 bridgehead atoms. The predicted molar refractivity (Wildman–Crippen MR) is 94.2 cm³/mol. The maximum Gasteiger partial charge on any atom is 0.131 e. The summed E-state index contributed by atoms with van der Waals surface area (Å²) in [6, 6.07) is 5.23. The lowest BCUT2D eigenvalue weighted by atomic mass is 9.97. The van der Waals surface area contributed by atoms with Gasteiger partial charge in [0.25, 0.3) is 0 Å². The Morgan fingerprint density at radius 2 is 1.95 bits per heavy atom. The van der Waals surface area contributed by atoms with Gasteiger partial charge in [0.15, 0.2) is 0 Å². The van der Waals surface area contributed by atoms with Crippen LogP contribution in [0.5, 0.6) is 5.75 Å². The highest BCUT2D eigenvalue weighted by molar-refractivity contribution is 5.85. The van der Waals surface area contributed by atoms with Crippen molar-refractivity contribution >= 4 is 24.8 Å². The van der Waals surface area contributed by atoms with Gasteiger partial charge in [0, 0.05) is 37.8 Å². The van der Waals surface area contributed by atoms with Gasteiger partial charge >= 0.3 is 0 Å². The Labute approximate surface area is 145 Å². The highest BCUT2D eigenvalue weighted by Crippen LogP contribution is 2.35. The van der Waals surface area contributed by atoms with E-state index in [1.165, 1.54) is 0 Å². The quantitative estimate of drug-likeness (QED) is 0.842. The van der Waals surface area contributed by atoms with Gasteiger partial charge in [-0.25, -0.2) is 4.39 Å². The molecular formula is C16H27Cl2FN2O. The van der Waals surface area contributed by atoms with Crippen LogP contribution in [0, 0.1) is 5.82 Å². The summed E-state index contributed by atoms with van der Waals surface area (Å²) in [5.41, 5.74) is 0.727. The molecule has 1 aromatic carbocycles. The van der Waals surface area contributed by atoms with Crippen LogP contribution in [0.15, 0.2) is 18.2 Å². The van der Waals surface area contributed by atoms with E-state index in [-0.39, 0.29) is 36.7 Å². The summed E-state index contributed by atoms with van der Waals surface area (Å²) >= 11 is 0. The molecular weight excluding hydrogens is 326 g/mol. The lowest BCUT2D eigenvalue weighted by molar-refractivity contribution is 0.157. The summed E-state index contributed by atoms with van der Waals surface area (Å²) in [6.07, 6.45) is 3.21. The van der Waals surface area contributed by atoms with Gasteiger partial charge in [-0.3, -0.25) is 4.90 Å². The lowest BCUT2D eigenvalue weighted by Crippen LogP contribution is -2.45. The number of piperazine rings is 1. The molecule has 1 heterocycles. The largest absolute Gasteiger partial charge is 0.496 e. The molecule has 0 aliphatic carbocycles. The van der Waals surface area contributed by atoms with E-state index < -0.39 is 0 Å². The normalized spacial score (nSPS) is 16.3. The molecule has 6 heteroatoms. The third-order valence-corrected chi connectivity index (χ3v) is 3.99. The maximum absolute atomic E-state index is 14.3. The van der Waals surface area contributed by atoms with Gasteiger partial charge in [-0.05, 0) is 18.6 Å². The van der Waals surface area contributed by atoms with E-state index >= 15 is 0 Å². The molecule has 0 unspecified atom stereocenters. The number of hydrogen-bond acceptors (Lipinski definition) is 3. The fraction of sp³-hybridized carbons (Fsp3) is 0.625. The van der Waals surface area contributed by atoms with Crippen molar-refractivity contribution in [3.8, 4) is 5.75 Å². The highest BCUT2D eigenvalue weighted by atomic mass is 35.5. The number of rotatable bonds is 6. The monoisotopic (exact) mass is 352 g/mol. The molecule has 1 aliphatic heterocycles. The van der Waals surface area contributed by atoms with Crippen molar-refractivity contribution in [2.24, 2.45) is 0 Å². The minimum absolute atomic E-state index is 0. The number of ether oxygens (including phenoxy) is 1. The second kappa shape index (κ2) is 11.1. The number of benzene rings is 1. The molecule has 1 N–H and O–H groups in total. The number of unbranched alkanes of at least 4 members (excludes halogenated alkanes) is 1. The van der Waals surface area contributed by atoms with E-state index in [1.54, 1.807) is 19.2 Å². The van der Waals surface area contributed by atoms with E-state index in [0.29, 0.717) is 5.75 Å². The second-order valence-corrected chi connectivity index (χ2v) is 5.30. The van der Waals surface area contributed by atoms with Gasteiger partial charge in [-0.2, -0.15) is 0 Å². The Morgan fingerprint density at radius 1 is 1.27 bits per heavy atom. The minimum atomic E-state index is -0.149. The molecule has 1 atom stereocenters. The van der Waals surface area contributed by atoms with Crippen molar-refractivity contribution < 1.29 is 9.13 Å². The first kappa shape index (κ1) is 21.4. The Balaban J connectivity index is 0.00000220. The van der Waals surface area contributed by atoms with Crippen molar-refractivity contribution in [3.05, 3.63) is 29.6 Å². The molecule has 0 spiro atoms. The van der Waals surface area contributed by atoms with Crippen molar-refractivity contribution in [1.82, 2.24) is 10.2 Å². The molecule has 1 saturated heterocycles. The van der Waals surface area contributed by atoms with Crippen molar-refractivity contribution in [2.75, 3.05) is 33.3 Å². The first-order chi connectivity index (χ1) is 9.77. The number of nitrogens with one attached hydrogen (secondary N) is 1. The highest BCUT2D eigenvalue weighted by Gasteiger charge is 2.26. The Kier molecular flexibility index (Phi) is 10.8. The first-order valence-electron chi connectivity index (χ1n) is 7.55. The third-order valence-electron chi connectivity index (χ3n) is 3.99. The van der Waals surface area contributed by atoms with Gasteiger partial charge in [0.05, 0.1) is 7.11 Å². The summed E-state index contributed by atoms with van der Waals surface area (Å²) in [6.45, 7) is 6.05. The summed E-state index contributed by atoms with van der Waals surface area (Å²) in [4.78, 5) is 2.38. The Morgan fingerprint density at radius 3 is 2.55 bits per heavy atom. The van der Waals surface area contributed by atoms with E-state index in [0.717, 1.165) is 51.0 Å². The summed E-state index contributed by atoms with van der Waals surface area (Å²) in [7, 11) is 1.62. The van der Waals surface area contributed by atoms with Crippen LogP contribution in [0.3, 0.4) is 0 Å². The van der Waals surface area contributed by atoms with Crippen LogP contribution in [0.1, 0.15) is 37.8 Å². The average Bonchev–Trinajstić information content (AvgIpc) is 2.50. The van der Waals surface area contributed by atoms with Crippen LogP contribution < -0.4 is 10.1 Å². The van der Waals surface area contributed by atoms with Crippen LogP contribution in [0.4, 0.5) is 4.39 Å². The third kappa shape index (κ3) is 5.27. The molecule has 0 saturated carbocycles. The molecule has 128 valence electrons. The zero-order valence-electron chi connectivity index (χ0n) is 13.3. The number of hydrogen-bond donors (Lipinski definition) is 1. The Bertz CT molecular complexity index is 429. The van der Waals surface area contributed by atoms with Gasteiger partial charge in [-0.15, -0.1) is 24.8 Å². The molecule has 3 nitrogen and oxygen atoms in total. The zero-order valence-corrected chi connectivity index (χ0v) is 14.9. The average molecular weight is 353 g/mol. The summed E-state index contributed by atoms with van der Waals surface area (Å²) in [5, 5.41) is 3.35. The van der Waals surface area contributed by atoms with Crippen LogP contribution in [-0.2, 0) is 0 Å². The van der Waals surface area contributed by atoms with Crippen LogP contribution in [0.25, 0.3) is 0 Å². The van der Waals surface area contributed by atoms with E-state index in [4.69, 9.17) is 4.74 Å². The molecule has 1 fully saturated rings. The SMILES string of the molecule is CCCC[C@H](c1c(F)cccc1OC)N1CCNCC1.Cl.Cl. The van der Waals surface area contributed by atoms with Gasteiger partial charge in [-0.1, -0.05) is 25.8 Å². The van der Waals surface area contributed by atoms with Crippen LogP contribution in [0.2, 0.25) is 0 Å². The smallest absolute Gasteiger partial charge is 0.131 e. The molecule has 22 heavy (non-hydrogen) atoms. The predicted octanol–water partition coefficient (Wildman–Crippen LogP) is 3.81. The minimum Gasteiger partial charge on any atom is -0.496 e. The van der Waals surface area contributed by atoms with Crippen LogP contribution >= 0.6 is 24.8 Å². The molecule has 0 radical (unpaired) electrons. The molecule has 2 rings (SSSR count). The van der Waals surface area contributed by atoms with E-state index in [9.17, 15) is 4.39 Å². The zero-order chi connectivity index (χ0) is 14.4.